The Morgan fingerprint density at radius 1 is 1.10 bits per heavy atom. The lowest BCUT2D eigenvalue weighted by molar-refractivity contribution is 0.0692. The van der Waals surface area contributed by atoms with Gasteiger partial charge in [-0.2, -0.15) is 5.10 Å². The number of hydrogen-bond donors (Lipinski definition) is 1. The molecule has 0 fully saturated rings. The zero-order valence-electron chi connectivity index (χ0n) is 11.5. The summed E-state index contributed by atoms with van der Waals surface area (Å²) in [6.07, 6.45) is 1.52. The molecule has 0 bridgehead atoms. The van der Waals surface area contributed by atoms with E-state index < -0.39 is 0 Å². The van der Waals surface area contributed by atoms with Crippen LogP contribution in [0.25, 0.3) is 0 Å². The molecule has 0 atom stereocenters. The van der Waals surface area contributed by atoms with E-state index in [2.05, 4.69) is 10.4 Å². The summed E-state index contributed by atoms with van der Waals surface area (Å²) in [4.78, 5) is 36.8. The minimum Gasteiger partial charge on any atom is -0.321 e. The molecule has 106 valence electrons. The largest absolute Gasteiger partial charge is 0.321 e. The Morgan fingerprint density at radius 2 is 1.81 bits per heavy atom. The number of hydrogen-bond acceptors (Lipinski definition) is 4. The van der Waals surface area contributed by atoms with E-state index >= 15 is 0 Å². The van der Waals surface area contributed by atoms with Crippen molar-refractivity contribution in [2.24, 2.45) is 7.05 Å². The summed E-state index contributed by atoms with van der Waals surface area (Å²) in [6, 6.07) is 6.23. The summed E-state index contributed by atoms with van der Waals surface area (Å²) in [5, 5.41) is 6.60. The second-order valence-electron chi connectivity index (χ2n) is 4.72. The summed E-state index contributed by atoms with van der Waals surface area (Å²) >= 11 is 0. The van der Waals surface area contributed by atoms with Crippen molar-refractivity contribution in [3.63, 3.8) is 0 Å². The SMILES string of the molecule is CN1C(=O)c2ccc(NC(=O)c3ccnn3C)cc2C1=O. The molecule has 7 heteroatoms. The van der Waals surface area contributed by atoms with Crippen molar-refractivity contribution in [2.45, 2.75) is 0 Å². The van der Waals surface area contributed by atoms with Crippen molar-refractivity contribution in [1.82, 2.24) is 14.7 Å². The van der Waals surface area contributed by atoms with Gasteiger partial charge in [0.2, 0.25) is 0 Å². The van der Waals surface area contributed by atoms with Gasteiger partial charge in [0, 0.05) is 26.0 Å². The van der Waals surface area contributed by atoms with Gasteiger partial charge in [-0.15, -0.1) is 0 Å². The molecule has 3 rings (SSSR count). The van der Waals surface area contributed by atoms with Crippen molar-refractivity contribution in [3.05, 3.63) is 47.3 Å². The van der Waals surface area contributed by atoms with Crippen molar-refractivity contribution in [3.8, 4) is 0 Å². The van der Waals surface area contributed by atoms with Crippen LogP contribution in [-0.2, 0) is 7.05 Å². The molecule has 2 aromatic rings. The van der Waals surface area contributed by atoms with Crippen LogP contribution >= 0.6 is 0 Å². The molecule has 0 radical (unpaired) electrons. The van der Waals surface area contributed by atoms with Gasteiger partial charge < -0.3 is 5.32 Å². The van der Waals surface area contributed by atoms with Crippen LogP contribution in [0.3, 0.4) is 0 Å². The molecule has 0 spiro atoms. The van der Waals surface area contributed by atoms with E-state index in [4.69, 9.17) is 0 Å². The Bertz CT molecular complexity index is 778. The number of anilines is 1. The van der Waals surface area contributed by atoms with Gasteiger partial charge in [-0.3, -0.25) is 24.0 Å². The van der Waals surface area contributed by atoms with E-state index in [0.717, 1.165) is 4.90 Å². The normalized spacial score (nSPS) is 13.5. The van der Waals surface area contributed by atoms with Crippen molar-refractivity contribution < 1.29 is 14.4 Å². The van der Waals surface area contributed by atoms with Crippen LogP contribution < -0.4 is 5.32 Å². The van der Waals surface area contributed by atoms with Crippen LogP contribution in [0, 0.1) is 0 Å². The van der Waals surface area contributed by atoms with Gasteiger partial charge in [0.05, 0.1) is 11.1 Å². The van der Waals surface area contributed by atoms with Crippen LogP contribution in [-0.4, -0.2) is 39.4 Å². The first-order valence-electron chi connectivity index (χ1n) is 6.25. The molecule has 0 aliphatic carbocycles. The number of aromatic nitrogens is 2. The van der Waals surface area contributed by atoms with E-state index in [9.17, 15) is 14.4 Å². The average molecular weight is 284 g/mol. The Labute approximate surface area is 120 Å². The highest BCUT2D eigenvalue weighted by Crippen LogP contribution is 2.24. The van der Waals surface area contributed by atoms with Crippen molar-refractivity contribution in [1.29, 1.82) is 0 Å². The second-order valence-corrected chi connectivity index (χ2v) is 4.72. The zero-order chi connectivity index (χ0) is 15.1. The predicted octanol–water partition coefficient (Wildman–Crippen LogP) is 0.898. The van der Waals surface area contributed by atoms with Gasteiger partial charge in [0.1, 0.15) is 5.69 Å². The molecule has 0 saturated carbocycles. The number of amides is 3. The first-order valence-corrected chi connectivity index (χ1v) is 6.25. The highest BCUT2D eigenvalue weighted by molar-refractivity contribution is 6.21. The number of fused-ring (bicyclic) bond motifs is 1. The third-order valence-electron chi connectivity index (χ3n) is 3.40. The van der Waals surface area contributed by atoms with E-state index in [1.807, 2.05) is 0 Å². The smallest absolute Gasteiger partial charge is 0.273 e. The van der Waals surface area contributed by atoms with Crippen LogP contribution in [0.4, 0.5) is 5.69 Å². The third kappa shape index (κ3) is 1.99. The standard InChI is InChI=1S/C14H12N4O3/c1-17-13(20)9-4-3-8(7-10(9)14(17)21)16-12(19)11-5-6-15-18(11)2/h3-7H,1-2H3,(H,16,19). The van der Waals surface area contributed by atoms with E-state index in [0.29, 0.717) is 22.5 Å². The first-order chi connectivity index (χ1) is 9.99. The number of imide groups is 1. The van der Waals surface area contributed by atoms with Crippen LogP contribution in [0.2, 0.25) is 0 Å². The van der Waals surface area contributed by atoms with E-state index in [1.165, 1.54) is 30.1 Å². The van der Waals surface area contributed by atoms with Crippen LogP contribution in [0.15, 0.2) is 30.5 Å². The monoisotopic (exact) mass is 284 g/mol. The van der Waals surface area contributed by atoms with Crippen LogP contribution in [0.5, 0.6) is 0 Å². The lowest BCUT2D eigenvalue weighted by Gasteiger charge is -2.06. The van der Waals surface area contributed by atoms with Gasteiger partial charge in [-0.1, -0.05) is 0 Å². The fourth-order valence-corrected chi connectivity index (χ4v) is 2.23. The Balaban J connectivity index is 1.89. The Hall–Kier alpha value is -2.96. The second kappa shape index (κ2) is 4.55. The highest BCUT2D eigenvalue weighted by Gasteiger charge is 2.32. The highest BCUT2D eigenvalue weighted by atomic mass is 16.2. The topological polar surface area (TPSA) is 84.3 Å². The fraction of sp³-hybridized carbons (Fsp3) is 0.143. The quantitative estimate of drug-likeness (QED) is 0.830. The molecule has 21 heavy (non-hydrogen) atoms. The molecule has 3 amide bonds. The number of benzene rings is 1. The van der Waals surface area contributed by atoms with E-state index in [-0.39, 0.29) is 17.7 Å². The fourth-order valence-electron chi connectivity index (χ4n) is 2.23. The molecule has 1 aliphatic rings. The van der Waals surface area contributed by atoms with Gasteiger partial charge in [-0.25, -0.2) is 0 Å². The first kappa shape index (κ1) is 13.0. The van der Waals surface area contributed by atoms with Crippen molar-refractivity contribution in [2.75, 3.05) is 12.4 Å². The van der Waals surface area contributed by atoms with Gasteiger partial charge in [0.15, 0.2) is 0 Å². The molecule has 1 aliphatic heterocycles. The van der Waals surface area contributed by atoms with Crippen LogP contribution in [0.1, 0.15) is 31.2 Å². The number of carbonyl (C=O) groups excluding carboxylic acids is 3. The number of nitrogens with one attached hydrogen (secondary N) is 1. The lowest BCUT2D eigenvalue weighted by atomic mass is 10.1. The molecule has 0 unspecified atom stereocenters. The summed E-state index contributed by atoms with van der Waals surface area (Å²) in [5.74, 6) is -1.04. The Kier molecular flexibility index (Phi) is 2.83. The molecule has 0 saturated heterocycles. The zero-order valence-corrected chi connectivity index (χ0v) is 11.5. The molecule has 1 aromatic heterocycles. The Morgan fingerprint density at radius 3 is 2.48 bits per heavy atom. The molecule has 1 N–H and O–H groups in total. The molecular formula is C14H12N4O3. The number of carbonyl (C=O) groups is 3. The maximum atomic E-state index is 12.1. The van der Waals surface area contributed by atoms with Gasteiger partial charge in [0.25, 0.3) is 17.7 Å². The maximum absolute atomic E-state index is 12.1. The predicted molar refractivity (Wildman–Crippen MR) is 74.0 cm³/mol. The molecule has 7 nitrogen and oxygen atoms in total. The molecule has 1 aromatic carbocycles. The minimum atomic E-state index is -0.369. The van der Waals surface area contributed by atoms with Gasteiger partial charge in [-0.05, 0) is 24.3 Å². The summed E-state index contributed by atoms with van der Waals surface area (Å²) < 4.78 is 1.45. The lowest BCUT2D eigenvalue weighted by Crippen LogP contribution is -2.24. The number of nitrogens with zero attached hydrogens (tertiary/aromatic N) is 3. The van der Waals surface area contributed by atoms with Gasteiger partial charge >= 0.3 is 0 Å². The number of rotatable bonds is 2. The van der Waals surface area contributed by atoms with Crippen molar-refractivity contribution >= 4 is 23.4 Å². The maximum Gasteiger partial charge on any atom is 0.273 e. The minimum absolute atomic E-state index is 0.297. The third-order valence-corrected chi connectivity index (χ3v) is 3.40. The number of aryl methyl sites for hydroxylation is 1. The molecular weight excluding hydrogens is 272 g/mol. The summed E-state index contributed by atoms with van der Waals surface area (Å²) in [6.45, 7) is 0. The average Bonchev–Trinajstić information content (AvgIpc) is 2.98. The molecule has 2 heterocycles. The summed E-state index contributed by atoms with van der Waals surface area (Å²) in [7, 11) is 3.09. The summed E-state index contributed by atoms with van der Waals surface area (Å²) in [5.41, 5.74) is 1.50. The van der Waals surface area contributed by atoms with E-state index in [1.54, 1.807) is 19.2 Å².